The van der Waals surface area contributed by atoms with Crippen LogP contribution in [-0.2, 0) is 17.6 Å². The first-order valence-electron chi connectivity index (χ1n) is 8.80. The Bertz CT molecular complexity index is 514. The van der Waals surface area contributed by atoms with Crippen LogP contribution in [-0.4, -0.2) is 29.4 Å². The Labute approximate surface area is 133 Å². The zero-order chi connectivity index (χ0) is 15.4. The fourth-order valence-corrected chi connectivity index (χ4v) is 3.41. The largest absolute Gasteiger partial charge is 0.343 e. The predicted molar refractivity (Wildman–Crippen MR) is 89.7 cm³/mol. The summed E-state index contributed by atoms with van der Waals surface area (Å²) in [5.74, 6) is 0.325. The minimum Gasteiger partial charge on any atom is -0.343 e. The van der Waals surface area contributed by atoms with E-state index in [1.807, 2.05) is 0 Å². The van der Waals surface area contributed by atoms with Gasteiger partial charge in [0.15, 0.2) is 0 Å². The highest BCUT2D eigenvalue weighted by atomic mass is 16.2. The van der Waals surface area contributed by atoms with E-state index in [9.17, 15) is 4.79 Å². The number of amides is 1. The third-order valence-electron chi connectivity index (χ3n) is 5.12. The molecule has 3 heteroatoms. The number of aryl methyl sites for hydroxylation is 1. The Morgan fingerprint density at radius 1 is 1.05 bits per heavy atom. The maximum absolute atomic E-state index is 12.4. The van der Waals surface area contributed by atoms with Gasteiger partial charge in [0.25, 0.3) is 0 Å². The number of rotatable bonds is 5. The first-order valence-corrected chi connectivity index (χ1v) is 8.80. The lowest BCUT2D eigenvalue weighted by Gasteiger charge is -2.21. The van der Waals surface area contributed by atoms with Crippen molar-refractivity contribution in [3.8, 4) is 0 Å². The van der Waals surface area contributed by atoms with Crippen molar-refractivity contribution in [2.24, 2.45) is 5.73 Å². The van der Waals surface area contributed by atoms with Gasteiger partial charge in [-0.2, -0.15) is 0 Å². The van der Waals surface area contributed by atoms with Gasteiger partial charge in [-0.1, -0.05) is 37.1 Å². The van der Waals surface area contributed by atoms with Gasteiger partial charge in [0.05, 0.1) is 0 Å². The zero-order valence-corrected chi connectivity index (χ0v) is 13.5. The summed E-state index contributed by atoms with van der Waals surface area (Å²) in [4.78, 5) is 14.5. The Hall–Kier alpha value is -1.35. The topological polar surface area (TPSA) is 46.3 Å². The Balaban J connectivity index is 1.57. The highest BCUT2D eigenvalue weighted by Gasteiger charge is 2.38. The minimum atomic E-state index is 0.0326. The third-order valence-corrected chi connectivity index (χ3v) is 5.12. The molecule has 1 aromatic rings. The van der Waals surface area contributed by atoms with Gasteiger partial charge < -0.3 is 10.6 Å². The minimum absolute atomic E-state index is 0.0326. The van der Waals surface area contributed by atoms with Crippen LogP contribution in [0.3, 0.4) is 0 Å². The predicted octanol–water partition coefficient (Wildman–Crippen LogP) is 3.06. The maximum atomic E-state index is 12.4. The molecule has 1 heterocycles. The molecule has 0 spiro atoms. The molecule has 0 bridgehead atoms. The molecule has 120 valence electrons. The van der Waals surface area contributed by atoms with Gasteiger partial charge in [0.2, 0.25) is 5.91 Å². The van der Waals surface area contributed by atoms with E-state index < -0.39 is 0 Å². The van der Waals surface area contributed by atoms with Crippen molar-refractivity contribution in [1.29, 1.82) is 0 Å². The molecule has 0 aromatic heterocycles. The standard InChI is InChI=1S/C19H28N2O/c20-19(11-12-19)15-17-8-4-3-7-16(17)9-10-18(22)21-13-5-1-2-6-14-21/h3-4,7-8H,1-2,5-6,9-15,20H2. The molecular weight excluding hydrogens is 272 g/mol. The summed E-state index contributed by atoms with van der Waals surface area (Å²) in [5, 5.41) is 0. The molecule has 22 heavy (non-hydrogen) atoms. The highest BCUT2D eigenvalue weighted by molar-refractivity contribution is 5.76. The molecular formula is C19H28N2O. The van der Waals surface area contributed by atoms with E-state index >= 15 is 0 Å². The lowest BCUT2D eigenvalue weighted by molar-refractivity contribution is -0.131. The molecule has 0 radical (unpaired) electrons. The summed E-state index contributed by atoms with van der Waals surface area (Å²) in [7, 11) is 0. The summed E-state index contributed by atoms with van der Waals surface area (Å²) in [6.45, 7) is 1.90. The van der Waals surface area contributed by atoms with Crippen LogP contribution < -0.4 is 5.73 Å². The van der Waals surface area contributed by atoms with Crippen LogP contribution in [0.4, 0.5) is 0 Å². The van der Waals surface area contributed by atoms with Crippen molar-refractivity contribution in [2.45, 2.75) is 63.3 Å². The van der Waals surface area contributed by atoms with Crippen LogP contribution in [0.15, 0.2) is 24.3 Å². The fraction of sp³-hybridized carbons (Fsp3) is 0.632. The normalized spacial score (nSPS) is 20.5. The fourth-order valence-electron chi connectivity index (χ4n) is 3.41. The molecule has 0 unspecified atom stereocenters. The second kappa shape index (κ2) is 6.82. The number of nitrogens with zero attached hydrogens (tertiary/aromatic N) is 1. The molecule has 1 aromatic carbocycles. The second-order valence-electron chi connectivity index (χ2n) is 7.10. The molecule has 1 amide bonds. The van der Waals surface area contributed by atoms with E-state index in [4.69, 9.17) is 5.73 Å². The van der Waals surface area contributed by atoms with Crippen LogP contribution >= 0.6 is 0 Å². The van der Waals surface area contributed by atoms with Gasteiger partial charge in [0.1, 0.15) is 0 Å². The lowest BCUT2D eigenvalue weighted by Crippen LogP contribution is -2.32. The number of nitrogens with two attached hydrogens (primary N) is 1. The van der Waals surface area contributed by atoms with Gasteiger partial charge >= 0.3 is 0 Å². The van der Waals surface area contributed by atoms with Crippen molar-refractivity contribution >= 4 is 5.91 Å². The van der Waals surface area contributed by atoms with Crippen LogP contribution in [0.25, 0.3) is 0 Å². The molecule has 3 rings (SSSR count). The first kappa shape index (κ1) is 15.5. The number of carbonyl (C=O) groups excluding carboxylic acids is 1. The van der Waals surface area contributed by atoms with Crippen molar-refractivity contribution in [3.05, 3.63) is 35.4 Å². The number of benzene rings is 1. The van der Waals surface area contributed by atoms with Gasteiger partial charge in [-0.05, 0) is 49.7 Å². The van der Waals surface area contributed by atoms with Crippen molar-refractivity contribution in [1.82, 2.24) is 4.90 Å². The molecule has 2 N–H and O–H groups in total. The van der Waals surface area contributed by atoms with Crippen LogP contribution in [0.5, 0.6) is 0 Å². The number of hydrogen-bond donors (Lipinski definition) is 1. The summed E-state index contributed by atoms with van der Waals surface area (Å²) in [5.41, 5.74) is 8.94. The monoisotopic (exact) mass is 300 g/mol. The number of carbonyl (C=O) groups is 1. The SMILES string of the molecule is NC1(Cc2ccccc2CCC(=O)N2CCCCCC2)CC1. The van der Waals surface area contributed by atoms with E-state index in [-0.39, 0.29) is 5.54 Å². The zero-order valence-electron chi connectivity index (χ0n) is 13.5. The van der Waals surface area contributed by atoms with Gasteiger partial charge in [-0.3, -0.25) is 4.79 Å². The lowest BCUT2D eigenvalue weighted by atomic mass is 9.96. The van der Waals surface area contributed by atoms with Crippen molar-refractivity contribution in [3.63, 3.8) is 0 Å². The molecule has 1 saturated heterocycles. The van der Waals surface area contributed by atoms with Crippen LogP contribution in [0, 0.1) is 0 Å². The molecule has 3 nitrogen and oxygen atoms in total. The van der Waals surface area contributed by atoms with Gasteiger partial charge in [-0.15, -0.1) is 0 Å². The molecule has 1 aliphatic carbocycles. The quantitative estimate of drug-likeness (QED) is 0.908. The number of likely N-dealkylation sites (tertiary alicyclic amines) is 1. The summed E-state index contributed by atoms with van der Waals surface area (Å²) < 4.78 is 0. The molecule has 2 fully saturated rings. The second-order valence-corrected chi connectivity index (χ2v) is 7.10. The van der Waals surface area contributed by atoms with Crippen LogP contribution in [0.1, 0.15) is 56.1 Å². The highest BCUT2D eigenvalue weighted by Crippen LogP contribution is 2.36. The number of hydrogen-bond acceptors (Lipinski definition) is 2. The Morgan fingerprint density at radius 2 is 1.68 bits per heavy atom. The van der Waals surface area contributed by atoms with Gasteiger partial charge in [-0.25, -0.2) is 0 Å². The van der Waals surface area contributed by atoms with Crippen LogP contribution in [0.2, 0.25) is 0 Å². The van der Waals surface area contributed by atoms with E-state index in [2.05, 4.69) is 29.2 Å². The summed E-state index contributed by atoms with van der Waals surface area (Å²) in [6.07, 6.45) is 9.58. The third kappa shape index (κ3) is 4.10. The van der Waals surface area contributed by atoms with Crippen molar-refractivity contribution < 1.29 is 4.79 Å². The molecule has 2 aliphatic rings. The smallest absolute Gasteiger partial charge is 0.222 e. The Kier molecular flexibility index (Phi) is 4.82. The first-order chi connectivity index (χ1) is 10.7. The van der Waals surface area contributed by atoms with E-state index in [0.717, 1.165) is 51.6 Å². The maximum Gasteiger partial charge on any atom is 0.222 e. The summed E-state index contributed by atoms with van der Waals surface area (Å²) in [6, 6.07) is 8.50. The molecule has 1 aliphatic heterocycles. The summed E-state index contributed by atoms with van der Waals surface area (Å²) >= 11 is 0. The van der Waals surface area contributed by atoms with E-state index in [1.165, 1.54) is 24.0 Å². The van der Waals surface area contributed by atoms with E-state index in [1.54, 1.807) is 0 Å². The van der Waals surface area contributed by atoms with E-state index in [0.29, 0.717) is 12.3 Å². The van der Waals surface area contributed by atoms with Gasteiger partial charge in [0, 0.05) is 25.0 Å². The average molecular weight is 300 g/mol. The molecule has 1 saturated carbocycles. The average Bonchev–Trinajstić information content (AvgIpc) is 3.29. The Morgan fingerprint density at radius 3 is 2.32 bits per heavy atom. The van der Waals surface area contributed by atoms with Crippen molar-refractivity contribution in [2.75, 3.05) is 13.1 Å². The molecule has 0 atom stereocenters.